The van der Waals surface area contributed by atoms with Crippen molar-refractivity contribution in [3.8, 4) is 16.9 Å². The fourth-order valence-corrected chi connectivity index (χ4v) is 2.61. The molecule has 3 aromatic rings. The Morgan fingerprint density at radius 3 is 2.61 bits per heavy atom. The van der Waals surface area contributed by atoms with Crippen molar-refractivity contribution in [1.82, 2.24) is 25.3 Å². The molecule has 9 nitrogen and oxygen atoms in total. The van der Waals surface area contributed by atoms with Crippen LogP contribution in [-0.2, 0) is 0 Å². The second-order valence-electron chi connectivity index (χ2n) is 6.62. The van der Waals surface area contributed by atoms with Gasteiger partial charge in [-0.25, -0.2) is 0 Å². The monoisotopic (exact) mass is 382 g/mol. The van der Waals surface area contributed by atoms with Crippen LogP contribution in [0.1, 0.15) is 17.3 Å². The van der Waals surface area contributed by atoms with Gasteiger partial charge in [0.2, 0.25) is 0 Å². The van der Waals surface area contributed by atoms with Crippen LogP contribution in [0.15, 0.2) is 47.5 Å². The lowest BCUT2D eigenvalue weighted by Crippen LogP contribution is -2.39. The van der Waals surface area contributed by atoms with E-state index in [2.05, 4.69) is 20.6 Å². The molecule has 28 heavy (non-hydrogen) atoms. The van der Waals surface area contributed by atoms with Crippen LogP contribution < -0.4 is 15.8 Å². The van der Waals surface area contributed by atoms with Gasteiger partial charge in [0.15, 0.2) is 0 Å². The van der Waals surface area contributed by atoms with Crippen LogP contribution in [0.25, 0.3) is 16.9 Å². The van der Waals surface area contributed by atoms with Gasteiger partial charge in [0.05, 0.1) is 18.5 Å². The fraction of sp³-hybridized carbons (Fsp3) is 0.263. The van der Waals surface area contributed by atoms with E-state index in [1.165, 1.54) is 18.5 Å². The summed E-state index contributed by atoms with van der Waals surface area (Å²) in [4.78, 5) is 27.4. The molecule has 0 spiro atoms. The maximum absolute atomic E-state index is 12.8. The Labute approximate surface area is 161 Å². The van der Waals surface area contributed by atoms with Gasteiger partial charge in [-0.2, -0.15) is 14.9 Å². The minimum Gasteiger partial charge on any atom is -0.394 e. The largest absolute Gasteiger partial charge is 0.394 e. The molecule has 0 bridgehead atoms. The maximum atomic E-state index is 12.8. The molecule has 0 radical (unpaired) electrons. The molecule has 1 unspecified atom stereocenters. The Morgan fingerprint density at radius 1 is 1.32 bits per heavy atom. The second kappa shape index (κ2) is 8.05. The summed E-state index contributed by atoms with van der Waals surface area (Å²) in [7, 11) is 3.88. The van der Waals surface area contributed by atoms with Crippen LogP contribution in [0.2, 0.25) is 0 Å². The highest BCUT2D eigenvalue weighted by Crippen LogP contribution is 2.21. The van der Waals surface area contributed by atoms with Gasteiger partial charge < -0.3 is 15.3 Å². The minimum absolute atomic E-state index is 0.0665. The van der Waals surface area contributed by atoms with Crippen molar-refractivity contribution in [2.24, 2.45) is 0 Å². The van der Waals surface area contributed by atoms with Crippen molar-refractivity contribution < 1.29 is 9.90 Å². The van der Waals surface area contributed by atoms with Crippen LogP contribution in [0.3, 0.4) is 0 Å². The number of amides is 1. The molecule has 0 aliphatic rings. The van der Waals surface area contributed by atoms with Gasteiger partial charge in [0.1, 0.15) is 11.3 Å². The summed E-state index contributed by atoms with van der Waals surface area (Å²) in [5.41, 5.74) is 2.02. The second-order valence-corrected chi connectivity index (χ2v) is 6.62. The third-order valence-corrected chi connectivity index (χ3v) is 4.22. The predicted molar refractivity (Wildman–Crippen MR) is 106 cm³/mol. The average Bonchev–Trinajstić information content (AvgIpc) is 3.22. The van der Waals surface area contributed by atoms with Gasteiger partial charge in [-0.15, -0.1) is 0 Å². The molecule has 0 aliphatic heterocycles. The Balaban J connectivity index is 2.12. The number of benzene rings is 1. The Bertz CT molecular complexity index is 1010. The van der Waals surface area contributed by atoms with Crippen LogP contribution in [0, 0.1) is 0 Å². The molecule has 2 aromatic heterocycles. The minimum atomic E-state index is -0.572. The lowest BCUT2D eigenvalue weighted by Gasteiger charge is -2.14. The van der Waals surface area contributed by atoms with Gasteiger partial charge in [-0.1, -0.05) is 12.1 Å². The van der Waals surface area contributed by atoms with E-state index in [0.717, 1.165) is 15.9 Å². The first-order valence-electron chi connectivity index (χ1n) is 8.73. The fourth-order valence-electron chi connectivity index (χ4n) is 2.61. The number of rotatable bonds is 6. The van der Waals surface area contributed by atoms with Gasteiger partial charge in [-0.3, -0.25) is 14.7 Å². The van der Waals surface area contributed by atoms with Crippen LogP contribution >= 0.6 is 0 Å². The van der Waals surface area contributed by atoms with Gasteiger partial charge >= 0.3 is 0 Å². The molecule has 1 atom stereocenters. The zero-order valence-corrected chi connectivity index (χ0v) is 15.9. The quantitative estimate of drug-likeness (QED) is 0.581. The van der Waals surface area contributed by atoms with Crippen LogP contribution in [0.5, 0.6) is 0 Å². The average molecular weight is 382 g/mol. The molecule has 1 aromatic carbocycles. The number of carbonyl (C=O) groups excluding carboxylic acids is 1. The number of carbonyl (C=O) groups is 1. The molecule has 9 heteroatoms. The summed E-state index contributed by atoms with van der Waals surface area (Å²) in [6, 6.07) is 8.59. The molecular weight excluding hydrogens is 360 g/mol. The first kappa shape index (κ1) is 19.3. The van der Waals surface area contributed by atoms with Crippen molar-refractivity contribution in [3.05, 3.63) is 58.6 Å². The smallest absolute Gasteiger partial charge is 0.284 e. The molecule has 0 aliphatic carbocycles. The van der Waals surface area contributed by atoms with Crippen LogP contribution in [-0.4, -0.2) is 57.7 Å². The number of nitrogens with one attached hydrogen (secondary N) is 2. The highest BCUT2D eigenvalue weighted by molar-refractivity contribution is 5.95. The third-order valence-electron chi connectivity index (χ3n) is 4.22. The Morgan fingerprint density at radius 2 is 2.04 bits per heavy atom. The van der Waals surface area contributed by atoms with Crippen LogP contribution in [0.4, 0.5) is 5.69 Å². The van der Waals surface area contributed by atoms with E-state index in [0.29, 0.717) is 11.4 Å². The maximum Gasteiger partial charge on any atom is 0.284 e. The number of aromatic amines is 1. The number of nitrogens with zero attached hydrogens (tertiary/aromatic N) is 4. The van der Waals surface area contributed by atoms with E-state index in [9.17, 15) is 14.7 Å². The Kier molecular flexibility index (Phi) is 5.55. The summed E-state index contributed by atoms with van der Waals surface area (Å²) in [6.07, 6.45) is 2.97. The first-order valence-corrected chi connectivity index (χ1v) is 8.73. The highest BCUT2D eigenvalue weighted by Gasteiger charge is 2.19. The topological polar surface area (TPSA) is 116 Å². The number of hydrogen-bond acceptors (Lipinski definition) is 6. The summed E-state index contributed by atoms with van der Waals surface area (Å²) in [6.45, 7) is 1.42. The molecule has 0 saturated heterocycles. The van der Waals surface area contributed by atoms with E-state index >= 15 is 0 Å². The van der Waals surface area contributed by atoms with Crippen molar-refractivity contribution in [1.29, 1.82) is 0 Å². The lowest BCUT2D eigenvalue weighted by molar-refractivity contribution is 0.0920. The number of aliphatic hydroxyl groups is 1. The highest BCUT2D eigenvalue weighted by atomic mass is 16.3. The molecule has 2 heterocycles. The molecule has 3 rings (SSSR count). The standard InChI is InChI=1S/C19H22N6O3/c1-12(11-26)22-18(27)16-8-17(13-4-6-14(7-5-13)24(2)3)23-25(19(16)28)15-9-20-21-10-15/h4-10,12,26H,11H2,1-3H3,(H,20,21)(H,22,27). The third kappa shape index (κ3) is 3.94. The summed E-state index contributed by atoms with van der Waals surface area (Å²) < 4.78 is 1.14. The van der Waals surface area contributed by atoms with Crippen molar-refractivity contribution in [3.63, 3.8) is 0 Å². The van der Waals surface area contributed by atoms with E-state index < -0.39 is 17.5 Å². The summed E-state index contributed by atoms with van der Waals surface area (Å²) in [5.74, 6) is -0.572. The van der Waals surface area contributed by atoms with Crippen molar-refractivity contribution in [2.75, 3.05) is 25.6 Å². The number of aliphatic hydroxyl groups excluding tert-OH is 1. The lowest BCUT2D eigenvalue weighted by atomic mass is 10.1. The molecule has 0 saturated carbocycles. The molecule has 146 valence electrons. The SMILES string of the molecule is CC(CO)NC(=O)c1cc(-c2ccc(N(C)C)cc2)nn(-c2cn[nH]c2)c1=O. The molecule has 1 amide bonds. The number of aromatic nitrogens is 4. The van der Waals surface area contributed by atoms with E-state index in [-0.39, 0.29) is 12.2 Å². The van der Waals surface area contributed by atoms with E-state index in [1.807, 2.05) is 43.3 Å². The van der Waals surface area contributed by atoms with Gasteiger partial charge in [0.25, 0.3) is 11.5 Å². The number of anilines is 1. The summed E-state index contributed by atoms with van der Waals surface area (Å²) >= 11 is 0. The van der Waals surface area contributed by atoms with E-state index in [4.69, 9.17) is 0 Å². The number of H-pyrrole nitrogens is 1. The summed E-state index contributed by atoms with van der Waals surface area (Å²) in [5, 5.41) is 22.7. The first-order chi connectivity index (χ1) is 13.4. The van der Waals surface area contributed by atoms with Gasteiger partial charge in [0, 0.05) is 37.6 Å². The Hall–Kier alpha value is -3.46. The predicted octanol–water partition coefficient (Wildman–Crippen LogP) is 0.799. The zero-order valence-electron chi connectivity index (χ0n) is 15.9. The number of hydrogen-bond donors (Lipinski definition) is 3. The van der Waals surface area contributed by atoms with Crippen molar-refractivity contribution in [2.45, 2.75) is 13.0 Å². The van der Waals surface area contributed by atoms with Gasteiger partial charge in [-0.05, 0) is 25.1 Å². The van der Waals surface area contributed by atoms with E-state index in [1.54, 1.807) is 6.92 Å². The normalized spacial score (nSPS) is 11.9. The molecular formula is C19H22N6O3. The molecule has 3 N–H and O–H groups in total. The molecule has 0 fully saturated rings. The zero-order chi connectivity index (χ0) is 20.3. The van der Waals surface area contributed by atoms with Crippen molar-refractivity contribution >= 4 is 11.6 Å².